The van der Waals surface area contributed by atoms with Crippen LogP contribution in [0.25, 0.3) is 0 Å². The van der Waals surface area contributed by atoms with Crippen molar-refractivity contribution >= 4 is 17.9 Å². The zero-order valence-corrected chi connectivity index (χ0v) is 12.2. The average Bonchev–Trinajstić information content (AvgIpc) is 2.92. The standard InChI is InChI=1S/C13H23N3O4/c1-4-13(5-2,11(18)19)15-12(20)16-8-6-7-9(16)10(17)14-3/h9H,4-8H2,1-3H3,(H,14,17)(H,15,20)(H,18,19). The summed E-state index contributed by atoms with van der Waals surface area (Å²) < 4.78 is 0. The number of carbonyl (C=O) groups is 3. The van der Waals surface area contributed by atoms with Crippen LogP contribution in [0.3, 0.4) is 0 Å². The smallest absolute Gasteiger partial charge is 0.329 e. The summed E-state index contributed by atoms with van der Waals surface area (Å²) in [6, 6.07) is -0.998. The lowest BCUT2D eigenvalue weighted by Gasteiger charge is -2.32. The highest BCUT2D eigenvalue weighted by atomic mass is 16.4. The molecule has 114 valence electrons. The molecule has 20 heavy (non-hydrogen) atoms. The van der Waals surface area contributed by atoms with E-state index in [9.17, 15) is 19.5 Å². The Morgan fingerprint density at radius 3 is 2.35 bits per heavy atom. The fraction of sp³-hybridized carbons (Fsp3) is 0.769. The van der Waals surface area contributed by atoms with Gasteiger partial charge in [0.15, 0.2) is 0 Å². The number of nitrogens with one attached hydrogen (secondary N) is 2. The van der Waals surface area contributed by atoms with E-state index in [0.717, 1.165) is 6.42 Å². The number of hydrogen-bond acceptors (Lipinski definition) is 3. The number of carboxylic acid groups (broad SMARTS) is 1. The monoisotopic (exact) mass is 285 g/mol. The first-order chi connectivity index (χ1) is 9.41. The number of carboxylic acids is 1. The number of nitrogens with zero attached hydrogens (tertiary/aromatic N) is 1. The van der Waals surface area contributed by atoms with Crippen LogP contribution in [0.4, 0.5) is 4.79 Å². The number of urea groups is 1. The van der Waals surface area contributed by atoms with Crippen LogP contribution in [0.1, 0.15) is 39.5 Å². The maximum atomic E-state index is 12.3. The molecule has 1 aliphatic rings. The van der Waals surface area contributed by atoms with E-state index in [-0.39, 0.29) is 5.91 Å². The van der Waals surface area contributed by atoms with E-state index < -0.39 is 23.6 Å². The highest BCUT2D eigenvalue weighted by Crippen LogP contribution is 2.21. The molecule has 1 saturated heterocycles. The second-order valence-electron chi connectivity index (χ2n) is 4.99. The van der Waals surface area contributed by atoms with Crippen LogP contribution >= 0.6 is 0 Å². The first-order valence-electron chi connectivity index (χ1n) is 6.95. The van der Waals surface area contributed by atoms with Crippen molar-refractivity contribution < 1.29 is 19.5 Å². The fourth-order valence-electron chi connectivity index (χ4n) is 2.51. The molecule has 3 N–H and O–H groups in total. The molecule has 0 aromatic rings. The second kappa shape index (κ2) is 6.58. The number of aliphatic carboxylic acids is 1. The Hall–Kier alpha value is -1.79. The summed E-state index contributed by atoms with van der Waals surface area (Å²) in [4.78, 5) is 36.8. The molecule has 7 nitrogen and oxygen atoms in total. The quantitative estimate of drug-likeness (QED) is 0.687. The fourth-order valence-corrected chi connectivity index (χ4v) is 2.51. The van der Waals surface area contributed by atoms with Crippen molar-refractivity contribution in [2.75, 3.05) is 13.6 Å². The van der Waals surface area contributed by atoms with Gasteiger partial charge < -0.3 is 20.6 Å². The second-order valence-corrected chi connectivity index (χ2v) is 4.99. The number of likely N-dealkylation sites (N-methyl/N-ethyl adjacent to an activating group) is 1. The summed E-state index contributed by atoms with van der Waals surface area (Å²) in [5, 5.41) is 14.4. The van der Waals surface area contributed by atoms with E-state index in [2.05, 4.69) is 10.6 Å². The first-order valence-corrected chi connectivity index (χ1v) is 6.95. The minimum absolute atomic E-state index is 0.216. The summed E-state index contributed by atoms with van der Waals surface area (Å²) in [6.45, 7) is 3.91. The van der Waals surface area contributed by atoms with Crippen molar-refractivity contribution in [3.63, 3.8) is 0 Å². The average molecular weight is 285 g/mol. The maximum Gasteiger partial charge on any atom is 0.329 e. The molecule has 1 fully saturated rings. The van der Waals surface area contributed by atoms with Crippen LogP contribution in [0.2, 0.25) is 0 Å². The SMILES string of the molecule is CCC(CC)(NC(=O)N1CCCC1C(=O)NC)C(=O)O. The third-order valence-corrected chi connectivity index (χ3v) is 4.03. The molecule has 0 saturated carbocycles. The summed E-state index contributed by atoms with van der Waals surface area (Å²) in [5.41, 5.74) is -1.27. The molecule has 1 heterocycles. The Labute approximate surface area is 118 Å². The van der Waals surface area contributed by atoms with Crippen LogP contribution in [0.5, 0.6) is 0 Å². The van der Waals surface area contributed by atoms with Crippen LogP contribution in [0, 0.1) is 0 Å². The third-order valence-electron chi connectivity index (χ3n) is 4.03. The molecule has 1 aliphatic heterocycles. The van der Waals surface area contributed by atoms with Gasteiger partial charge in [-0.3, -0.25) is 4.79 Å². The lowest BCUT2D eigenvalue weighted by molar-refractivity contribution is -0.144. The van der Waals surface area contributed by atoms with Gasteiger partial charge in [-0.15, -0.1) is 0 Å². The predicted molar refractivity (Wildman–Crippen MR) is 73.3 cm³/mol. The number of rotatable bonds is 5. The first kappa shape index (κ1) is 16.3. The zero-order valence-electron chi connectivity index (χ0n) is 12.2. The molecule has 0 radical (unpaired) electrons. The topological polar surface area (TPSA) is 98.7 Å². The summed E-state index contributed by atoms with van der Waals surface area (Å²) >= 11 is 0. The minimum atomic E-state index is -1.27. The Bertz CT molecular complexity index is 393. The lowest BCUT2D eigenvalue weighted by Crippen LogP contribution is -2.59. The molecule has 7 heteroatoms. The summed E-state index contributed by atoms with van der Waals surface area (Å²) in [6.07, 6.45) is 1.93. The van der Waals surface area contributed by atoms with Gasteiger partial charge in [-0.05, 0) is 25.7 Å². The minimum Gasteiger partial charge on any atom is -0.480 e. The van der Waals surface area contributed by atoms with Crippen molar-refractivity contribution in [1.29, 1.82) is 0 Å². The van der Waals surface area contributed by atoms with E-state index in [1.165, 1.54) is 11.9 Å². The molecule has 0 spiro atoms. The largest absolute Gasteiger partial charge is 0.480 e. The van der Waals surface area contributed by atoms with Gasteiger partial charge in [0.25, 0.3) is 0 Å². The molecule has 0 bridgehead atoms. The number of carbonyl (C=O) groups excluding carboxylic acids is 2. The highest BCUT2D eigenvalue weighted by Gasteiger charge is 2.40. The van der Waals surface area contributed by atoms with Crippen LogP contribution in [-0.2, 0) is 9.59 Å². The van der Waals surface area contributed by atoms with Crippen molar-refractivity contribution in [2.45, 2.75) is 51.1 Å². The van der Waals surface area contributed by atoms with Crippen LogP contribution < -0.4 is 10.6 Å². The van der Waals surface area contributed by atoms with Crippen LogP contribution in [-0.4, -0.2) is 53.1 Å². The molecule has 1 unspecified atom stereocenters. The molecule has 3 amide bonds. The Balaban J connectivity index is 2.84. The van der Waals surface area contributed by atoms with E-state index in [1.54, 1.807) is 13.8 Å². The summed E-state index contributed by atoms with van der Waals surface area (Å²) in [7, 11) is 1.52. The van der Waals surface area contributed by atoms with Gasteiger partial charge in [-0.1, -0.05) is 13.8 Å². The molecule has 1 atom stereocenters. The molecule has 0 aromatic carbocycles. The van der Waals surface area contributed by atoms with Gasteiger partial charge in [0, 0.05) is 13.6 Å². The van der Waals surface area contributed by atoms with Crippen molar-refractivity contribution in [1.82, 2.24) is 15.5 Å². The summed E-state index contributed by atoms with van der Waals surface area (Å²) in [5.74, 6) is -1.27. The van der Waals surface area contributed by atoms with Gasteiger partial charge in [-0.2, -0.15) is 0 Å². The Kier molecular flexibility index (Phi) is 5.35. The van der Waals surface area contributed by atoms with Gasteiger partial charge in [0.2, 0.25) is 5.91 Å². The molecular weight excluding hydrogens is 262 g/mol. The van der Waals surface area contributed by atoms with E-state index in [4.69, 9.17) is 0 Å². The van der Waals surface area contributed by atoms with E-state index in [0.29, 0.717) is 25.8 Å². The van der Waals surface area contributed by atoms with E-state index >= 15 is 0 Å². The zero-order chi connectivity index (χ0) is 15.3. The highest BCUT2D eigenvalue weighted by molar-refractivity contribution is 5.90. The third kappa shape index (κ3) is 3.02. The molecule has 0 aromatic heterocycles. The van der Waals surface area contributed by atoms with Gasteiger partial charge in [0.05, 0.1) is 0 Å². The molecule has 1 rings (SSSR count). The Morgan fingerprint density at radius 2 is 1.90 bits per heavy atom. The lowest BCUT2D eigenvalue weighted by atomic mass is 9.93. The van der Waals surface area contributed by atoms with Gasteiger partial charge in [0.1, 0.15) is 11.6 Å². The number of amides is 3. The maximum absolute atomic E-state index is 12.3. The van der Waals surface area contributed by atoms with Gasteiger partial charge >= 0.3 is 12.0 Å². The van der Waals surface area contributed by atoms with Crippen LogP contribution in [0.15, 0.2) is 0 Å². The number of likely N-dealkylation sites (tertiary alicyclic amines) is 1. The molecule has 0 aliphatic carbocycles. The normalized spacial score (nSPS) is 18.8. The van der Waals surface area contributed by atoms with E-state index in [1.807, 2.05) is 0 Å². The van der Waals surface area contributed by atoms with Crippen molar-refractivity contribution in [3.8, 4) is 0 Å². The Morgan fingerprint density at radius 1 is 1.30 bits per heavy atom. The predicted octanol–water partition coefficient (Wildman–Crippen LogP) is 0.550. The van der Waals surface area contributed by atoms with Gasteiger partial charge in [-0.25, -0.2) is 9.59 Å². The molecular formula is C13H23N3O4. The van der Waals surface area contributed by atoms with Crippen molar-refractivity contribution in [3.05, 3.63) is 0 Å². The van der Waals surface area contributed by atoms with Crippen molar-refractivity contribution in [2.24, 2.45) is 0 Å². The number of hydrogen-bond donors (Lipinski definition) is 3.